The lowest BCUT2D eigenvalue weighted by Gasteiger charge is -2.40. The number of rotatable bonds is 17. The summed E-state index contributed by atoms with van der Waals surface area (Å²) in [4.78, 5) is 25.4. The van der Waals surface area contributed by atoms with Gasteiger partial charge in [-0.05, 0) is 106 Å². The number of ketones is 1. The van der Waals surface area contributed by atoms with Gasteiger partial charge in [0, 0.05) is 18.8 Å². The van der Waals surface area contributed by atoms with Crippen molar-refractivity contribution in [3.63, 3.8) is 0 Å². The van der Waals surface area contributed by atoms with Crippen LogP contribution in [0.4, 0.5) is 0 Å². The molecule has 0 bridgehead atoms. The van der Waals surface area contributed by atoms with E-state index in [0.717, 1.165) is 56.3 Å². The van der Waals surface area contributed by atoms with Gasteiger partial charge >= 0.3 is 5.97 Å². The van der Waals surface area contributed by atoms with Gasteiger partial charge in [0.25, 0.3) is 0 Å². The number of Topliss-reactive ketones (excluding diaryl/α,β-unsaturated/α-hetero) is 1. The van der Waals surface area contributed by atoms with Gasteiger partial charge in [-0.3, -0.25) is 9.59 Å². The summed E-state index contributed by atoms with van der Waals surface area (Å²) >= 11 is -0.923. The van der Waals surface area contributed by atoms with Crippen LogP contribution in [0.2, 0.25) is 18.1 Å². The number of allylic oxidation sites excluding steroid dienone is 4. The fourth-order valence-corrected chi connectivity index (χ4v) is 7.49. The highest BCUT2D eigenvalue weighted by Crippen LogP contribution is 2.43. The molecular weight excluding hydrogens is 549 g/mol. The molecule has 1 aromatic rings. The molecule has 0 N–H and O–H groups in total. The Morgan fingerprint density at radius 3 is 2.27 bits per heavy atom. The summed E-state index contributed by atoms with van der Waals surface area (Å²) in [6.07, 6.45) is 16.9. The molecule has 0 aromatic heterocycles. The van der Waals surface area contributed by atoms with Crippen molar-refractivity contribution in [2.24, 2.45) is 11.8 Å². The first-order valence-electron chi connectivity index (χ1n) is 15.4. The molecule has 1 saturated carbocycles. The van der Waals surface area contributed by atoms with Gasteiger partial charge in [-0.2, -0.15) is 0 Å². The van der Waals surface area contributed by atoms with Gasteiger partial charge in [0.2, 0.25) is 0 Å². The molecule has 4 atom stereocenters. The molecule has 2 rings (SSSR count). The summed E-state index contributed by atoms with van der Waals surface area (Å²) < 4.78 is 24.0. The number of hydrogen-bond acceptors (Lipinski definition) is 5. The summed E-state index contributed by atoms with van der Waals surface area (Å²) in [6, 6.07) is 7.98. The van der Waals surface area contributed by atoms with E-state index in [1.807, 2.05) is 31.2 Å². The first-order valence-corrected chi connectivity index (χ1v) is 19.6. The van der Waals surface area contributed by atoms with E-state index in [9.17, 15) is 14.1 Å². The number of ether oxygens (including phenoxy) is 1. The van der Waals surface area contributed by atoms with E-state index < -0.39 is 19.5 Å². The molecule has 1 aliphatic rings. The lowest BCUT2D eigenvalue weighted by molar-refractivity contribution is -0.140. The third kappa shape index (κ3) is 12.2. The van der Waals surface area contributed by atoms with Crippen LogP contribution < -0.4 is 0 Å². The van der Waals surface area contributed by atoms with Gasteiger partial charge in [-0.1, -0.05) is 62.8 Å². The van der Waals surface area contributed by atoms with E-state index in [2.05, 4.69) is 58.2 Å². The van der Waals surface area contributed by atoms with Crippen molar-refractivity contribution >= 4 is 31.2 Å². The van der Waals surface area contributed by atoms with E-state index in [4.69, 9.17) is 9.16 Å². The van der Waals surface area contributed by atoms with Crippen LogP contribution in [0.1, 0.15) is 90.5 Å². The minimum atomic E-state index is -2.00. The third-order valence-corrected chi connectivity index (χ3v) is 14.6. The highest BCUT2D eigenvalue weighted by Gasteiger charge is 2.47. The number of carbonyl (C=O) groups is 2. The van der Waals surface area contributed by atoms with Gasteiger partial charge < -0.3 is 13.7 Å². The van der Waals surface area contributed by atoms with Crippen LogP contribution in [0, 0.1) is 18.8 Å². The monoisotopic (exact) mass is 602 g/mol. The first kappa shape index (κ1) is 35.5. The van der Waals surface area contributed by atoms with Crippen LogP contribution in [0.3, 0.4) is 0 Å². The van der Waals surface area contributed by atoms with Crippen molar-refractivity contribution in [1.29, 1.82) is 0 Å². The second-order valence-electron chi connectivity index (χ2n) is 13.0. The average molecular weight is 603 g/mol. The lowest BCUT2D eigenvalue weighted by Crippen LogP contribution is -2.45. The fraction of sp³-hybridized carbons (Fsp3) is 0.647. The Morgan fingerprint density at radius 1 is 1.00 bits per heavy atom. The van der Waals surface area contributed by atoms with Crippen LogP contribution >= 0.6 is 0 Å². The predicted octanol–water partition coefficient (Wildman–Crippen LogP) is 8.49. The molecular formula is C34H54O5SSi. The van der Waals surface area contributed by atoms with Crippen LogP contribution in [0.5, 0.6) is 0 Å². The molecule has 1 aromatic carbocycles. The molecule has 0 saturated heterocycles. The lowest BCUT2D eigenvalue weighted by atomic mass is 9.88. The van der Waals surface area contributed by atoms with Crippen molar-refractivity contribution in [3.8, 4) is 0 Å². The topological polar surface area (TPSA) is 75.7 Å². The Labute approximate surface area is 253 Å². The standard InChI is InChI=1S/C34H54O5SSi/c1-27-21-23-28(24-22-27)40(37)25-17-13-9-8-10-15-19-30-29(18-14-11-12-16-20-33(36)38-5)31(35)26-32(30)39-41(6,7)34(2,3)4/h10-11,14-15,21-24,29-30,32H,8-9,12-13,16-20,25-26H2,1-7H3/b14-11-,15-10+/t29-,30-,32-,40?/m1/s1. The van der Waals surface area contributed by atoms with Crippen molar-refractivity contribution in [2.45, 2.75) is 121 Å². The van der Waals surface area contributed by atoms with E-state index >= 15 is 0 Å². The second-order valence-corrected chi connectivity index (χ2v) is 19.3. The SMILES string of the molecule is COC(=O)CCC/C=C\C[C@H]1C(=O)C[C@@H](O[Si](C)(C)C(C)(C)C)[C@@H]1C/C=C/CCCCC[S+]([O-])c1ccc(C)cc1. The van der Waals surface area contributed by atoms with E-state index in [-0.39, 0.29) is 28.9 Å². The molecule has 0 heterocycles. The number of esters is 1. The first-order chi connectivity index (χ1) is 19.4. The summed E-state index contributed by atoms with van der Waals surface area (Å²) in [7, 11) is -0.589. The van der Waals surface area contributed by atoms with Crippen molar-refractivity contribution in [2.75, 3.05) is 12.9 Å². The maximum atomic E-state index is 13.2. The molecule has 1 fully saturated rings. The Hall–Kier alpha value is -1.67. The highest BCUT2D eigenvalue weighted by atomic mass is 32.2. The van der Waals surface area contributed by atoms with Gasteiger partial charge in [-0.15, -0.1) is 0 Å². The van der Waals surface area contributed by atoms with Gasteiger partial charge in [0.15, 0.2) is 13.2 Å². The quantitative estimate of drug-likeness (QED) is 0.0587. The number of aryl methyl sites for hydroxylation is 1. The smallest absolute Gasteiger partial charge is 0.305 e. The Morgan fingerprint density at radius 2 is 1.63 bits per heavy atom. The minimum absolute atomic E-state index is 0.0250. The van der Waals surface area contributed by atoms with Crippen LogP contribution in [-0.2, 0) is 29.9 Å². The largest absolute Gasteiger partial charge is 0.611 e. The maximum Gasteiger partial charge on any atom is 0.305 e. The number of unbranched alkanes of at least 4 members (excludes halogenated alkanes) is 4. The molecule has 0 radical (unpaired) electrons. The van der Waals surface area contributed by atoms with Gasteiger partial charge in [0.1, 0.15) is 11.5 Å². The molecule has 0 spiro atoms. The molecule has 0 aliphatic heterocycles. The normalized spacial score (nSPS) is 20.8. The summed E-state index contributed by atoms with van der Waals surface area (Å²) in [5.41, 5.74) is 1.19. The summed E-state index contributed by atoms with van der Waals surface area (Å²) in [5, 5.41) is 0.0944. The Kier molecular flexibility index (Phi) is 15.1. The zero-order valence-corrected chi connectivity index (χ0v) is 28.4. The van der Waals surface area contributed by atoms with Crippen LogP contribution in [-0.4, -0.2) is 43.6 Å². The van der Waals surface area contributed by atoms with Crippen LogP contribution in [0.25, 0.3) is 0 Å². The third-order valence-electron chi connectivity index (χ3n) is 8.66. The van der Waals surface area contributed by atoms with E-state index in [1.165, 1.54) is 12.7 Å². The molecule has 0 amide bonds. The van der Waals surface area contributed by atoms with Gasteiger partial charge in [0.05, 0.1) is 13.2 Å². The van der Waals surface area contributed by atoms with E-state index in [0.29, 0.717) is 24.4 Å². The van der Waals surface area contributed by atoms with Crippen LogP contribution in [0.15, 0.2) is 53.5 Å². The molecule has 1 aliphatic carbocycles. The Balaban J connectivity index is 1.88. The summed E-state index contributed by atoms with van der Waals surface area (Å²) in [6.45, 7) is 13.3. The van der Waals surface area contributed by atoms with Gasteiger partial charge in [-0.25, -0.2) is 0 Å². The number of benzene rings is 1. The number of hydrogen-bond donors (Lipinski definition) is 0. The second kappa shape index (κ2) is 17.4. The maximum absolute atomic E-state index is 13.2. The van der Waals surface area contributed by atoms with Crippen molar-refractivity contribution in [3.05, 3.63) is 54.1 Å². The number of methoxy groups -OCH3 is 1. The molecule has 7 heteroatoms. The molecule has 230 valence electrons. The predicted molar refractivity (Wildman–Crippen MR) is 173 cm³/mol. The average Bonchev–Trinajstić information content (AvgIpc) is 3.19. The fourth-order valence-electron chi connectivity index (χ4n) is 4.98. The minimum Gasteiger partial charge on any atom is -0.611 e. The molecule has 5 nitrogen and oxygen atoms in total. The summed E-state index contributed by atoms with van der Waals surface area (Å²) in [5.74, 6) is 1.00. The Bertz CT molecular complexity index is 995. The van der Waals surface area contributed by atoms with E-state index in [1.54, 1.807) is 0 Å². The highest BCUT2D eigenvalue weighted by molar-refractivity contribution is 7.91. The number of carbonyl (C=O) groups excluding carboxylic acids is 2. The van der Waals surface area contributed by atoms with Crippen molar-refractivity contribution in [1.82, 2.24) is 0 Å². The van der Waals surface area contributed by atoms with Crippen molar-refractivity contribution < 1.29 is 23.3 Å². The zero-order valence-electron chi connectivity index (χ0n) is 26.6. The molecule has 41 heavy (non-hydrogen) atoms. The molecule has 1 unspecified atom stereocenters. The zero-order chi connectivity index (χ0) is 30.5.